The zero-order chi connectivity index (χ0) is 13.0. The lowest BCUT2D eigenvalue weighted by Gasteiger charge is -2.08. The Hall–Kier alpha value is -1.07. The molecule has 1 aromatic carbocycles. The summed E-state index contributed by atoms with van der Waals surface area (Å²) >= 11 is 0. The summed E-state index contributed by atoms with van der Waals surface area (Å²) in [4.78, 5) is 0.297. The van der Waals surface area contributed by atoms with Gasteiger partial charge in [-0.15, -0.1) is 0 Å². The van der Waals surface area contributed by atoms with Gasteiger partial charge in [0.2, 0.25) is 0 Å². The summed E-state index contributed by atoms with van der Waals surface area (Å²) in [5.74, 6) is 1.46. The van der Waals surface area contributed by atoms with Gasteiger partial charge in [-0.2, -0.15) is 0 Å². The molecule has 0 aliphatic heterocycles. The standard InChI is InChI=1S/C13H19NO3S/c1-18(15,16)13-4-2-3-12(9-13)17-8-7-14-10-11-5-6-11/h2-4,9,11,14H,5-8,10H2,1H3. The Labute approximate surface area is 108 Å². The van der Waals surface area contributed by atoms with Crippen molar-refractivity contribution < 1.29 is 13.2 Å². The maximum absolute atomic E-state index is 11.4. The molecule has 0 saturated heterocycles. The van der Waals surface area contributed by atoms with Crippen LogP contribution in [0.1, 0.15) is 12.8 Å². The molecule has 1 aliphatic carbocycles. The highest BCUT2D eigenvalue weighted by atomic mass is 32.2. The van der Waals surface area contributed by atoms with Crippen LogP contribution in [0.2, 0.25) is 0 Å². The van der Waals surface area contributed by atoms with Crippen LogP contribution in [0.25, 0.3) is 0 Å². The van der Waals surface area contributed by atoms with Gasteiger partial charge in [-0.3, -0.25) is 0 Å². The number of hydrogen-bond donors (Lipinski definition) is 1. The number of benzene rings is 1. The smallest absolute Gasteiger partial charge is 0.175 e. The van der Waals surface area contributed by atoms with E-state index >= 15 is 0 Å². The van der Waals surface area contributed by atoms with Crippen LogP contribution in [0.3, 0.4) is 0 Å². The van der Waals surface area contributed by atoms with Crippen LogP contribution in [0, 0.1) is 5.92 Å². The van der Waals surface area contributed by atoms with Gasteiger partial charge in [-0.05, 0) is 43.5 Å². The monoisotopic (exact) mass is 269 g/mol. The lowest BCUT2D eigenvalue weighted by atomic mass is 10.3. The van der Waals surface area contributed by atoms with E-state index in [0.717, 1.165) is 19.0 Å². The highest BCUT2D eigenvalue weighted by Gasteiger charge is 2.19. The Morgan fingerprint density at radius 3 is 2.83 bits per heavy atom. The van der Waals surface area contributed by atoms with E-state index in [1.54, 1.807) is 24.3 Å². The number of nitrogens with one attached hydrogen (secondary N) is 1. The quantitative estimate of drug-likeness (QED) is 0.762. The molecular formula is C13H19NO3S. The summed E-state index contributed by atoms with van der Waals surface area (Å²) in [5, 5.41) is 3.32. The molecule has 0 spiro atoms. The predicted molar refractivity (Wildman–Crippen MR) is 70.6 cm³/mol. The van der Waals surface area contributed by atoms with Crippen molar-refractivity contribution in [2.24, 2.45) is 5.92 Å². The fourth-order valence-corrected chi connectivity index (χ4v) is 2.32. The Balaban J connectivity index is 1.77. The minimum absolute atomic E-state index is 0.297. The first kappa shape index (κ1) is 13.4. The van der Waals surface area contributed by atoms with Crippen LogP contribution < -0.4 is 10.1 Å². The molecule has 0 atom stereocenters. The van der Waals surface area contributed by atoms with Crippen LogP contribution in [0.15, 0.2) is 29.2 Å². The van der Waals surface area contributed by atoms with Gasteiger partial charge >= 0.3 is 0 Å². The Kier molecular flexibility index (Phi) is 4.24. The molecule has 5 heteroatoms. The van der Waals surface area contributed by atoms with Crippen molar-refractivity contribution >= 4 is 9.84 Å². The molecule has 18 heavy (non-hydrogen) atoms. The van der Waals surface area contributed by atoms with Crippen LogP contribution in [-0.4, -0.2) is 34.4 Å². The average Bonchev–Trinajstić information content (AvgIpc) is 3.12. The van der Waals surface area contributed by atoms with Gasteiger partial charge in [-0.1, -0.05) is 6.07 Å². The first-order valence-electron chi connectivity index (χ1n) is 6.19. The maximum Gasteiger partial charge on any atom is 0.175 e. The molecular weight excluding hydrogens is 250 g/mol. The fourth-order valence-electron chi connectivity index (χ4n) is 1.66. The third-order valence-electron chi connectivity index (χ3n) is 2.91. The Morgan fingerprint density at radius 2 is 2.17 bits per heavy atom. The molecule has 1 fully saturated rings. The van der Waals surface area contributed by atoms with Crippen LogP contribution in [0.5, 0.6) is 5.75 Å². The van der Waals surface area contributed by atoms with Gasteiger partial charge in [-0.25, -0.2) is 8.42 Å². The molecule has 1 saturated carbocycles. The summed E-state index contributed by atoms with van der Waals surface area (Å²) in [7, 11) is -3.16. The van der Waals surface area contributed by atoms with Crippen molar-refractivity contribution in [1.29, 1.82) is 0 Å². The first-order chi connectivity index (χ1) is 8.55. The molecule has 0 radical (unpaired) electrons. The van der Waals surface area contributed by atoms with E-state index in [4.69, 9.17) is 4.74 Å². The Bertz CT molecular complexity index is 495. The third kappa shape index (κ3) is 4.31. The average molecular weight is 269 g/mol. The maximum atomic E-state index is 11.4. The molecule has 1 N–H and O–H groups in total. The molecule has 0 heterocycles. The largest absolute Gasteiger partial charge is 0.492 e. The lowest BCUT2D eigenvalue weighted by Crippen LogP contribution is -2.23. The minimum atomic E-state index is -3.16. The molecule has 0 aromatic heterocycles. The summed E-state index contributed by atoms with van der Waals surface area (Å²) in [6.45, 7) is 2.41. The molecule has 0 amide bonds. The van der Waals surface area contributed by atoms with E-state index in [1.165, 1.54) is 19.1 Å². The van der Waals surface area contributed by atoms with Gasteiger partial charge in [0.1, 0.15) is 12.4 Å². The molecule has 1 aromatic rings. The zero-order valence-corrected chi connectivity index (χ0v) is 11.4. The number of sulfone groups is 1. The van der Waals surface area contributed by atoms with Crippen molar-refractivity contribution in [2.45, 2.75) is 17.7 Å². The van der Waals surface area contributed by atoms with E-state index < -0.39 is 9.84 Å². The summed E-state index contributed by atoms with van der Waals surface area (Å²) in [5.41, 5.74) is 0. The summed E-state index contributed by atoms with van der Waals surface area (Å²) < 4.78 is 28.3. The summed E-state index contributed by atoms with van der Waals surface area (Å²) in [6, 6.07) is 6.61. The molecule has 1 aliphatic rings. The molecule has 2 rings (SSSR count). The third-order valence-corrected chi connectivity index (χ3v) is 4.02. The molecule has 0 bridgehead atoms. The van der Waals surface area contributed by atoms with E-state index in [1.807, 2.05) is 0 Å². The van der Waals surface area contributed by atoms with Crippen molar-refractivity contribution in [3.63, 3.8) is 0 Å². The highest BCUT2D eigenvalue weighted by Crippen LogP contribution is 2.27. The van der Waals surface area contributed by atoms with Crippen molar-refractivity contribution in [2.75, 3.05) is 26.0 Å². The van der Waals surface area contributed by atoms with Crippen molar-refractivity contribution in [3.8, 4) is 5.75 Å². The SMILES string of the molecule is CS(=O)(=O)c1cccc(OCCNCC2CC2)c1. The second kappa shape index (κ2) is 5.71. The Morgan fingerprint density at radius 1 is 1.39 bits per heavy atom. The van der Waals surface area contributed by atoms with E-state index in [0.29, 0.717) is 17.3 Å². The fraction of sp³-hybridized carbons (Fsp3) is 0.538. The van der Waals surface area contributed by atoms with Gasteiger partial charge in [0.25, 0.3) is 0 Å². The molecule has 4 nitrogen and oxygen atoms in total. The van der Waals surface area contributed by atoms with Gasteiger partial charge in [0, 0.05) is 12.8 Å². The first-order valence-corrected chi connectivity index (χ1v) is 8.08. The minimum Gasteiger partial charge on any atom is -0.492 e. The van der Waals surface area contributed by atoms with E-state index in [9.17, 15) is 8.42 Å². The number of rotatable bonds is 7. The molecule has 0 unspecified atom stereocenters. The number of ether oxygens (including phenoxy) is 1. The van der Waals surface area contributed by atoms with E-state index in [2.05, 4.69) is 5.32 Å². The highest BCUT2D eigenvalue weighted by molar-refractivity contribution is 7.90. The topological polar surface area (TPSA) is 55.4 Å². The summed E-state index contributed by atoms with van der Waals surface area (Å²) in [6.07, 6.45) is 3.87. The van der Waals surface area contributed by atoms with Crippen molar-refractivity contribution in [1.82, 2.24) is 5.32 Å². The second-order valence-corrected chi connectivity index (χ2v) is 6.76. The van der Waals surface area contributed by atoms with Gasteiger partial charge in [0.15, 0.2) is 9.84 Å². The van der Waals surface area contributed by atoms with Crippen LogP contribution in [0.4, 0.5) is 0 Å². The zero-order valence-electron chi connectivity index (χ0n) is 10.6. The molecule has 100 valence electrons. The van der Waals surface area contributed by atoms with Crippen LogP contribution >= 0.6 is 0 Å². The van der Waals surface area contributed by atoms with Gasteiger partial charge < -0.3 is 10.1 Å². The van der Waals surface area contributed by atoms with E-state index in [-0.39, 0.29) is 0 Å². The predicted octanol–water partition coefficient (Wildman–Crippen LogP) is 1.47. The lowest BCUT2D eigenvalue weighted by molar-refractivity contribution is 0.312. The normalized spacial score (nSPS) is 15.6. The second-order valence-electron chi connectivity index (χ2n) is 4.74. The van der Waals surface area contributed by atoms with Crippen LogP contribution in [-0.2, 0) is 9.84 Å². The van der Waals surface area contributed by atoms with Crippen molar-refractivity contribution in [3.05, 3.63) is 24.3 Å². The number of hydrogen-bond acceptors (Lipinski definition) is 4. The van der Waals surface area contributed by atoms with Gasteiger partial charge in [0.05, 0.1) is 4.90 Å².